The zero-order chi connectivity index (χ0) is 15.0. The lowest BCUT2D eigenvalue weighted by Crippen LogP contribution is -1.94. The van der Waals surface area contributed by atoms with Crippen molar-refractivity contribution in [2.24, 2.45) is 0 Å². The molecular formula is C17H15FN2O. The van der Waals surface area contributed by atoms with Gasteiger partial charge in [-0.25, -0.2) is 4.39 Å². The SMILES string of the molecule is CC(C)c1ncc(-c2cc(F)c3cnccc3c2)cc1O. The zero-order valence-corrected chi connectivity index (χ0v) is 11.8. The van der Waals surface area contributed by atoms with Gasteiger partial charge in [-0.05, 0) is 41.1 Å². The van der Waals surface area contributed by atoms with Crippen molar-refractivity contribution >= 4 is 10.8 Å². The molecule has 106 valence electrons. The van der Waals surface area contributed by atoms with E-state index in [-0.39, 0.29) is 17.5 Å². The molecule has 0 bridgehead atoms. The molecule has 0 amide bonds. The molecule has 0 atom stereocenters. The van der Waals surface area contributed by atoms with Crippen LogP contribution in [0.15, 0.2) is 42.9 Å². The lowest BCUT2D eigenvalue weighted by Gasteiger charge is -2.10. The minimum atomic E-state index is -0.331. The van der Waals surface area contributed by atoms with Crippen LogP contribution >= 0.6 is 0 Å². The van der Waals surface area contributed by atoms with Crippen LogP contribution in [-0.4, -0.2) is 15.1 Å². The molecule has 3 nitrogen and oxygen atoms in total. The largest absolute Gasteiger partial charge is 0.506 e. The highest BCUT2D eigenvalue weighted by atomic mass is 19.1. The molecule has 3 aromatic rings. The Bertz CT molecular complexity index is 815. The lowest BCUT2D eigenvalue weighted by molar-refractivity contribution is 0.460. The van der Waals surface area contributed by atoms with Crippen LogP contribution in [0.25, 0.3) is 21.9 Å². The van der Waals surface area contributed by atoms with Gasteiger partial charge in [-0.1, -0.05) is 13.8 Å². The summed E-state index contributed by atoms with van der Waals surface area (Å²) in [4.78, 5) is 8.21. The maximum Gasteiger partial charge on any atom is 0.137 e. The maximum absolute atomic E-state index is 14.1. The van der Waals surface area contributed by atoms with Crippen LogP contribution < -0.4 is 0 Å². The third-order valence-corrected chi connectivity index (χ3v) is 3.48. The molecule has 0 unspecified atom stereocenters. The maximum atomic E-state index is 14.1. The summed E-state index contributed by atoms with van der Waals surface area (Å²) in [5, 5.41) is 11.3. The van der Waals surface area contributed by atoms with Crippen LogP contribution in [0.4, 0.5) is 4.39 Å². The first-order valence-electron chi connectivity index (χ1n) is 6.79. The number of aromatic nitrogens is 2. The molecule has 0 saturated heterocycles. The fourth-order valence-electron chi connectivity index (χ4n) is 2.39. The van der Waals surface area contributed by atoms with Gasteiger partial charge in [0.1, 0.15) is 11.6 Å². The van der Waals surface area contributed by atoms with Crippen molar-refractivity contribution in [3.63, 3.8) is 0 Å². The molecule has 0 saturated carbocycles. The van der Waals surface area contributed by atoms with Gasteiger partial charge in [0.05, 0.1) is 5.69 Å². The zero-order valence-electron chi connectivity index (χ0n) is 11.8. The van der Waals surface area contributed by atoms with Gasteiger partial charge in [0, 0.05) is 29.5 Å². The summed E-state index contributed by atoms with van der Waals surface area (Å²) in [6.45, 7) is 3.93. The Balaban J connectivity index is 2.14. The number of fused-ring (bicyclic) bond motifs is 1. The molecule has 4 heteroatoms. The molecule has 2 aromatic heterocycles. The van der Waals surface area contributed by atoms with Gasteiger partial charge in [0.25, 0.3) is 0 Å². The topological polar surface area (TPSA) is 46.0 Å². The van der Waals surface area contributed by atoms with Crippen molar-refractivity contribution in [2.45, 2.75) is 19.8 Å². The van der Waals surface area contributed by atoms with E-state index in [1.54, 1.807) is 24.5 Å². The van der Waals surface area contributed by atoms with Crippen molar-refractivity contribution in [1.82, 2.24) is 9.97 Å². The second kappa shape index (κ2) is 5.13. The minimum absolute atomic E-state index is 0.137. The summed E-state index contributed by atoms with van der Waals surface area (Å²) in [5.41, 5.74) is 2.02. The number of rotatable bonds is 2. The van der Waals surface area contributed by atoms with Crippen molar-refractivity contribution in [3.8, 4) is 16.9 Å². The number of hydrogen-bond donors (Lipinski definition) is 1. The van der Waals surface area contributed by atoms with Gasteiger partial charge < -0.3 is 5.11 Å². The number of nitrogens with zero attached hydrogens (tertiary/aromatic N) is 2. The molecule has 3 rings (SSSR count). The lowest BCUT2D eigenvalue weighted by atomic mass is 10.0. The molecule has 0 fully saturated rings. The highest BCUT2D eigenvalue weighted by Crippen LogP contribution is 2.31. The number of halogens is 1. The molecule has 2 heterocycles. The van der Waals surface area contributed by atoms with Crippen LogP contribution in [0.3, 0.4) is 0 Å². The predicted molar refractivity (Wildman–Crippen MR) is 80.7 cm³/mol. The molecular weight excluding hydrogens is 267 g/mol. The Morgan fingerprint density at radius 2 is 1.90 bits per heavy atom. The Morgan fingerprint density at radius 1 is 1.10 bits per heavy atom. The van der Waals surface area contributed by atoms with E-state index in [0.717, 1.165) is 5.39 Å². The van der Waals surface area contributed by atoms with Crippen LogP contribution in [-0.2, 0) is 0 Å². The van der Waals surface area contributed by atoms with E-state index in [1.807, 2.05) is 19.9 Å². The molecule has 0 spiro atoms. The average molecular weight is 282 g/mol. The van der Waals surface area contributed by atoms with Gasteiger partial charge in [0.15, 0.2) is 0 Å². The third kappa shape index (κ3) is 2.44. The number of hydrogen-bond acceptors (Lipinski definition) is 3. The van der Waals surface area contributed by atoms with Gasteiger partial charge in [-0.15, -0.1) is 0 Å². The molecule has 21 heavy (non-hydrogen) atoms. The molecule has 0 aliphatic rings. The number of aromatic hydroxyl groups is 1. The summed E-state index contributed by atoms with van der Waals surface area (Å²) < 4.78 is 14.1. The number of benzene rings is 1. The summed E-state index contributed by atoms with van der Waals surface area (Å²) in [6, 6.07) is 6.70. The monoisotopic (exact) mass is 282 g/mol. The summed E-state index contributed by atoms with van der Waals surface area (Å²) in [7, 11) is 0. The first-order chi connectivity index (χ1) is 10.1. The van der Waals surface area contributed by atoms with E-state index >= 15 is 0 Å². The van der Waals surface area contributed by atoms with Crippen molar-refractivity contribution in [3.05, 3.63) is 54.4 Å². The predicted octanol–water partition coefficient (Wildman–Crippen LogP) is 4.26. The molecule has 0 aliphatic carbocycles. The number of pyridine rings is 2. The summed E-state index contributed by atoms with van der Waals surface area (Å²) in [6.07, 6.45) is 4.80. The third-order valence-electron chi connectivity index (χ3n) is 3.48. The Hall–Kier alpha value is -2.49. The van der Waals surface area contributed by atoms with E-state index < -0.39 is 0 Å². The summed E-state index contributed by atoms with van der Waals surface area (Å²) in [5.74, 6) is -0.0563. The highest BCUT2D eigenvalue weighted by molar-refractivity contribution is 5.87. The first kappa shape index (κ1) is 13.5. The standard InChI is InChI=1S/C17H15FN2O/c1-10(2)17-16(21)7-13(8-20-17)12-5-11-3-4-19-9-14(11)15(18)6-12/h3-10,21H,1-2H3. The highest BCUT2D eigenvalue weighted by Gasteiger charge is 2.11. The molecule has 0 radical (unpaired) electrons. The minimum Gasteiger partial charge on any atom is -0.506 e. The fraction of sp³-hybridized carbons (Fsp3) is 0.176. The molecule has 1 N–H and O–H groups in total. The Morgan fingerprint density at radius 3 is 2.62 bits per heavy atom. The Kier molecular flexibility index (Phi) is 3.29. The van der Waals surface area contributed by atoms with Crippen LogP contribution in [0.2, 0.25) is 0 Å². The second-order valence-electron chi connectivity index (χ2n) is 5.34. The van der Waals surface area contributed by atoms with Crippen LogP contribution in [0.5, 0.6) is 5.75 Å². The van der Waals surface area contributed by atoms with E-state index in [1.165, 1.54) is 12.3 Å². The van der Waals surface area contributed by atoms with Gasteiger partial charge in [-0.2, -0.15) is 0 Å². The summed E-state index contributed by atoms with van der Waals surface area (Å²) >= 11 is 0. The van der Waals surface area contributed by atoms with E-state index in [0.29, 0.717) is 22.2 Å². The second-order valence-corrected chi connectivity index (χ2v) is 5.34. The van der Waals surface area contributed by atoms with Crippen molar-refractivity contribution < 1.29 is 9.50 Å². The molecule has 0 aliphatic heterocycles. The molecule has 1 aromatic carbocycles. The smallest absolute Gasteiger partial charge is 0.137 e. The van der Waals surface area contributed by atoms with E-state index in [2.05, 4.69) is 9.97 Å². The normalized spacial score (nSPS) is 11.2. The average Bonchev–Trinajstić information content (AvgIpc) is 2.46. The van der Waals surface area contributed by atoms with E-state index in [9.17, 15) is 9.50 Å². The quantitative estimate of drug-likeness (QED) is 0.763. The van der Waals surface area contributed by atoms with Crippen molar-refractivity contribution in [2.75, 3.05) is 0 Å². The van der Waals surface area contributed by atoms with Crippen LogP contribution in [0, 0.1) is 5.82 Å². The van der Waals surface area contributed by atoms with Gasteiger partial charge in [-0.3, -0.25) is 9.97 Å². The van der Waals surface area contributed by atoms with Crippen molar-refractivity contribution in [1.29, 1.82) is 0 Å². The fourth-order valence-corrected chi connectivity index (χ4v) is 2.39. The Labute approximate surface area is 122 Å². The first-order valence-corrected chi connectivity index (χ1v) is 6.79. The van der Waals surface area contributed by atoms with Gasteiger partial charge >= 0.3 is 0 Å². The van der Waals surface area contributed by atoms with Crippen LogP contribution in [0.1, 0.15) is 25.5 Å². The van der Waals surface area contributed by atoms with E-state index in [4.69, 9.17) is 0 Å². The van der Waals surface area contributed by atoms with Gasteiger partial charge in [0.2, 0.25) is 0 Å².